The van der Waals surface area contributed by atoms with Gasteiger partial charge in [0.05, 0.1) is 0 Å². The van der Waals surface area contributed by atoms with E-state index in [1.807, 2.05) is 4.90 Å². The van der Waals surface area contributed by atoms with Gasteiger partial charge < -0.3 is 15.5 Å². The number of amides is 2. The fourth-order valence-electron chi connectivity index (χ4n) is 3.79. The quantitative estimate of drug-likeness (QED) is 0.873. The van der Waals surface area contributed by atoms with E-state index < -0.39 is 0 Å². The monoisotopic (exact) mass is 291 g/mol. The van der Waals surface area contributed by atoms with Crippen molar-refractivity contribution >= 4 is 17.4 Å². The summed E-state index contributed by atoms with van der Waals surface area (Å²) < 4.78 is 0. The van der Waals surface area contributed by atoms with Crippen LogP contribution in [-0.4, -0.2) is 43.2 Å². The highest BCUT2D eigenvalue weighted by Crippen LogP contribution is 2.41. The summed E-state index contributed by atoms with van der Waals surface area (Å²) >= 11 is 1.77. The number of fused-ring (bicyclic) bond motifs is 1. The molecular formula is C15H21N3OS. The van der Waals surface area contributed by atoms with Gasteiger partial charge in [0.25, 0.3) is 0 Å². The largest absolute Gasteiger partial charge is 0.335 e. The first-order valence-corrected chi connectivity index (χ1v) is 8.55. The molecule has 108 valence electrons. The van der Waals surface area contributed by atoms with E-state index in [1.165, 1.54) is 5.56 Å². The van der Waals surface area contributed by atoms with Crippen LogP contribution in [0.2, 0.25) is 0 Å². The summed E-state index contributed by atoms with van der Waals surface area (Å²) in [6, 6.07) is 2.83. The van der Waals surface area contributed by atoms with E-state index in [4.69, 9.17) is 0 Å². The molecule has 20 heavy (non-hydrogen) atoms. The summed E-state index contributed by atoms with van der Waals surface area (Å²) in [4.78, 5) is 14.3. The van der Waals surface area contributed by atoms with Crippen molar-refractivity contribution in [2.45, 2.75) is 24.8 Å². The van der Waals surface area contributed by atoms with E-state index >= 15 is 0 Å². The van der Waals surface area contributed by atoms with Crippen molar-refractivity contribution < 1.29 is 4.79 Å². The van der Waals surface area contributed by atoms with Crippen molar-refractivity contribution in [2.24, 2.45) is 11.8 Å². The minimum atomic E-state index is 0.160. The van der Waals surface area contributed by atoms with E-state index in [-0.39, 0.29) is 6.03 Å². The number of carbonyl (C=O) groups is 1. The molecule has 3 aliphatic rings. The third-order valence-corrected chi connectivity index (χ3v) is 5.88. The first-order valence-electron chi connectivity index (χ1n) is 7.61. The topological polar surface area (TPSA) is 44.4 Å². The van der Waals surface area contributed by atoms with Gasteiger partial charge in [-0.15, -0.1) is 0 Å². The number of hydrogen-bond acceptors (Lipinski definition) is 3. The number of likely N-dealkylation sites (tertiary alicyclic amines) is 1. The number of thiophene rings is 1. The molecule has 0 spiro atoms. The van der Waals surface area contributed by atoms with Gasteiger partial charge in [-0.1, -0.05) is 0 Å². The van der Waals surface area contributed by atoms with E-state index in [2.05, 4.69) is 27.5 Å². The van der Waals surface area contributed by atoms with E-state index in [0.717, 1.165) is 39.0 Å². The number of nitrogens with zero attached hydrogens (tertiary/aromatic N) is 1. The molecule has 1 unspecified atom stereocenters. The van der Waals surface area contributed by atoms with Gasteiger partial charge in [-0.25, -0.2) is 4.79 Å². The number of piperidine rings is 2. The third-order valence-electron chi connectivity index (χ3n) is 5.18. The Morgan fingerprint density at radius 3 is 2.70 bits per heavy atom. The maximum absolute atomic E-state index is 12.3. The Morgan fingerprint density at radius 2 is 2.05 bits per heavy atom. The molecule has 2 saturated heterocycles. The third kappa shape index (κ3) is 2.23. The van der Waals surface area contributed by atoms with Gasteiger partial charge in [0.2, 0.25) is 0 Å². The summed E-state index contributed by atoms with van der Waals surface area (Å²) in [6.45, 7) is 3.95. The molecule has 1 aromatic heterocycles. The maximum Gasteiger partial charge on any atom is 0.317 e. The van der Waals surface area contributed by atoms with Gasteiger partial charge in [-0.2, -0.15) is 11.3 Å². The molecule has 3 atom stereocenters. The minimum Gasteiger partial charge on any atom is -0.335 e. The first-order chi connectivity index (χ1) is 9.83. The van der Waals surface area contributed by atoms with Crippen LogP contribution in [0.25, 0.3) is 0 Å². The lowest BCUT2D eigenvalue weighted by molar-refractivity contribution is 0.180. The highest BCUT2D eigenvalue weighted by Gasteiger charge is 2.53. The molecule has 2 amide bonds. The molecular weight excluding hydrogens is 270 g/mol. The second-order valence-corrected chi connectivity index (χ2v) is 7.06. The average Bonchev–Trinajstić information content (AvgIpc) is 2.97. The fourth-order valence-corrected chi connectivity index (χ4v) is 4.53. The second-order valence-electron chi connectivity index (χ2n) is 6.28. The number of hydrogen-bond donors (Lipinski definition) is 2. The summed E-state index contributed by atoms with van der Waals surface area (Å²) in [7, 11) is 0. The van der Waals surface area contributed by atoms with Crippen molar-refractivity contribution in [3.8, 4) is 0 Å². The molecule has 3 fully saturated rings. The lowest BCUT2D eigenvalue weighted by Crippen LogP contribution is -2.46. The molecule has 0 aromatic carbocycles. The van der Waals surface area contributed by atoms with Crippen LogP contribution < -0.4 is 10.6 Å². The highest BCUT2D eigenvalue weighted by atomic mass is 32.1. The molecule has 0 radical (unpaired) electrons. The van der Waals surface area contributed by atoms with Gasteiger partial charge in [0.15, 0.2) is 0 Å². The Morgan fingerprint density at radius 1 is 1.30 bits per heavy atom. The smallest absolute Gasteiger partial charge is 0.317 e. The summed E-state index contributed by atoms with van der Waals surface area (Å²) in [5.74, 6) is 2.04. The number of rotatable bonds is 2. The van der Waals surface area contributed by atoms with Crippen molar-refractivity contribution in [1.82, 2.24) is 15.5 Å². The van der Waals surface area contributed by atoms with Crippen molar-refractivity contribution in [2.75, 3.05) is 26.2 Å². The molecule has 3 heterocycles. The van der Waals surface area contributed by atoms with Crippen LogP contribution in [0.5, 0.6) is 0 Å². The van der Waals surface area contributed by atoms with Gasteiger partial charge in [0.1, 0.15) is 0 Å². The Kier molecular flexibility index (Phi) is 3.19. The van der Waals surface area contributed by atoms with Gasteiger partial charge in [-0.05, 0) is 53.0 Å². The van der Waals surface area contributed by atoms with Crippen LogP contribution >= 0.6 is 11.3 Å². The zero-order valence-electron chi connectivity index (χ0n) is 11.5. The second kappa shape index (κ2) is 5.04. The Bertz CT molecular complexity index is 471. The van der Waals surface area contributed by atoms with Crippen molar-refractivity contribution in [3.05, 3.63) is 22.4 Å². The highest BCUT2D eigenvalue weighted by molar-refractivity contribution is 7.07. The first kappa shape index (κ1) is 12.7. The number of urea groups is 1. The molecule has 0 bridgehead atoms. The molecule has 1 saturated carbocycles. The Labute approximate surface area is 123 Å². The lowest BCUT2D eigenvalue weighted by Gasteiger charge is -2.32. The summed E-state index contributed by atoms with van der Waals surface area (Å²) in [5, 5.41) is 11.0. The molecule has 1 aliphatic carbocycles. The van der Waals surface area contributed by atoms with Crippen LogP contribution in [0.15, 0.2) is 16.8 Å². The maximum atomic E-state index is 12.3. The van der Waals surface area contributed by atoms with Crippen molar-refractivity contribution in [3.63, 3.8) is 0 Å². The predicted molar refractivity (Wildman–Crippen MR) is 80.0 cm³/mol. The summed E-state index contributed by atoms with van der Waals surface area (Å²) in [6.07, 6.45) is 2.20. The average molecular weight is 291 g/mol. The zero-order valence-corrected chi connectivity index (χ0v) is 12.4. The number of carbonyl (C=O) groups excluding carboxylic acids is 1. The molecule has 2 aliphatic heterocycles. The number of nitrogens with one attached hydrogen (secondary N) is 2. The van der Waals surface area contributed by atoms with Crippen molar-refractivity contribution in [1.29, 1.82) is 0 Å². The molecule has 1 aromatic rings. The van der Waals surface area contributed by atoms with Crippen LogP contribution in [0.1, 0.15) is 24.3 Å². The molecule has 2 N–H and O–H groups in total. The molecule has 5 heteroatoms. The van der Waals surface area contributed by atoms with Gasteiger partial charge in [-0.3, -0.25) is 0 Å². The fraction of sp³-hybridized carbons (Fsp3) is 0.667. The van der Waals surface area contributed by atoms with E-state index in [1.54, 1.807) is 11.3 Å². The Balaban J connectivity index is 1.27. The standard InChI is InChI=1S/C15H21N3OS/c19-15(17-14-12-7-16-8-13(12)14)18-4-1-10(2-5-18)11-3-6-20-9-11/h3,6,9-10,12-14,16H,1-2,4-5,7-8H2,(H,17,19)/t12-,13+,14?. The molecule has 4 rings (SSSR count). The normalized spacial score (nSPS) is 33.0. The lowest BCUT2D eigenvalue weighted by atomic mass is 9.91. The van der Waals surface area contributed by atoms with Gasteiger partial charge in [0, 0.05) is 32.2 Å². The van der Waals surface area contributed by atoms with Crippen LogP contribution in [0.4, 0.5) is 4.79 Å². The Hall–Kier alpha value is -1.07. The minimum absolute atomic E-state index is 0.160. The summed E-state index contributed by atoms with van der Waals surface area (Å²) in [5.41, 5.74) is 1.46. The van der Waals surface area contributed by atoms with Crippen LogP contribution in [0.3, 0.4) is 0 Å². The van der Waals surface area contributed by atoms with E-state index in [0.29, 0.717) is 23.8 Å². The molecule has 4 nitrogen and oxygen atoms in total. The SMILES string of the molecule is O=C(NC1[C@H]2CNC[C@@H]12)N1CCC(c2ccsc2)CC1. The van der Waals surface area contributed by atoms with Gasteiger partial charge >= 0.3 is 6.03 Å². The van der Waals surface area contributed by atoms with E-state index in [9.17, 15) is 4.79 Å². The zero-order chi connectivity index (χ0) is 13.5. The van der Waals surface area contributed by atoms with Crippen LogP contribution in [0, 0.1) is 11.8 Å². The predicted octanol–water partition coefficient (Wildman–Crippen LogP) is 1.85. The van der Waals surface area contributed by atoms with Crippen LogP contribution in [-0.2, 0) is 0 Å².